The molecule has 12 aromatic rings. The quantitative estimate of drug-likeness (QED) is 0.0400. The number of halogens is 7. The van der Waals surface area contributed by atoms with Crippen molar-refractivity contribution in [2.75, 3.05) is 6.54 Å². The summed E-state index contributed by atoms with van der Waals surface area (Å²) in [6, 6.07) is 75.6. The number of benzene rings is 8. The summed E-state index contributed by atoms with van der Waals surface area (Å²) >= 11 is 34.7. The average Bonchev–Trinajstić information content (AvgIpc) is 0.867. The molecule has 0 saturated carbocycles. The maximum absolute atomic E-state index is 13.0. The lowest BCUT2D eigenvalue weighted by molar-refractivity contribution is 0.0939. The Hall–Kier alpha value is -8.12. The zero-order valence-corrected chi connectivity index (χ0v) is 65.8. The molecule has 4 heterocycles. The van der Waals surface area contributed by atoms with Crippen molar-refractivity contribution in [3.8, 4) is 0 Å². The normalized spacial score (nSPS) is 10.5. The van der Waals surface area contributed by atoms with Crippen molar-refractivity contribution in [2.45, 2.75) is 69.0 Å². The molecule has 0 unspecified atom stereocenters. The van der Waals surface area contributed by atoms with Crippen molar-refractivity contribution < 1.29 is 23.6 Å². The average molecular weight is 1710 g/mol. The van der Waals surface area contributed by atoms with Crippen LogP contribution in [-0.4, -0.2) is 50.1 Å². The summed E-state index contributed by atoms with van der Waals surface area (Å²) in [5.41, 5.74) is 10.8. The van der Waals surface area contributed by atoms with Crippen molar-refractivity contribution in [3.05, 3.63) is 375 Å². The maximum Gasteiger partial charge on any atom is 0.254 e. The Kier molecular flexibility index (Phi) is 33.3. The van der Waals surface area contributed by atoms with E-state index in [2.05, 4.69) is 131 Å². The minimum Gasteiger partial charge on any atom is -0.352 e. The fraction of sp³-hybridized carbons (Fsp3) is 0.111. The molecular formula is C81H67Br3Cl3FN8O4S4. The van der Waals surface area contributed by atoms with E-state index in [0.29, 0.717) is 79.3 Å². The molecule has 23 heteroatoms. The number of aromatic nitrogens is 4. The minimum absolute atomic E-state index is 0.0780. The first-order valence-electron chi connectivity index (χ1n) is 32.3. The summed E-state index contributed by atoms with van der Waals surface area (Å²) in [4.78, 5) is 68.4. The third-order valence-corrected chi connectivity index (χ3v) is 21.8. The first-order chi connectivity index (χ1) is 50.6. The smallest absolute Gasteiger partial charge is 0.254 e. The van der Waals surface area contributed by atoms with Gasteiger partial charge in [-0.1, -0.05) is 204 Å². The lowest BCUT2D eigenvalue weighted by Crippen LogP contribution is -2.26. The Morgan fingerprint density at radius 3 is 1.31 bits per heavy atom. The number of pyridine rings is 4. The van der Waals surface area contributed by atoms with Crippen molar-refractivity contribution in [1.82, 2.24) is 41.2 Å². The second kappa shape index (κ2) is 43.4. The van der Waals surface area contributed by atoms with Gasteiger partial charge in [-0.25, -0.2) is 19.3 Å². The number of thioether (sulfide) groups is 4. The molecule has 4 amide bonds. The SMILES string of the molecule is O=C(NCCc1ccccc1)c1cccnc1SCc1cccc(Br)c1.O=C(NCc1ccc(Cl)c(Cl)c1)c1cccnc1SCc1cccc(Br)c1.O=C(NCc1ccccc1Cl)c1cccnc1SCc1cccc(Br)c1.O=C(NCc1cccnc1)c1ccccc1SCc1ccc(F)cc1. The van der Waals surface area contributed by atoms with E-state index >= 15 is 0 Å². The number of nitrogens with one attached hydrogen (secondary N) is 4. The van der Waals surface area contributed by atoms with Gasteiger partial charge in [0.25, 0.3) is 23.6 Å². The number of amides is 4. The van der Waals surface area contributed by atoms with Crippen molar-refractivity contribution in [3.63, 3.8) is 0 Å². The Balaban J connectivity index is 0.000000161. The van der Waals surface area contributed by atoms with E-state index in [4.69, 9.17) is 34.8 Å². The molecule has 0 aliphatic carbocycles. The van der Waals surface area contributed by atoms with Gasteiger partial charge >= 0.3 is 0 Å². The van der Waals surface area contributed by atoms with Crippen LogP contribution in [0.15, 0.2) is 307 Å². The molecule has 4 aromatic heterocycles. The highest BCUT2D eigenvalue weighted by Gasteiger charge is 2.18. The monoisotopic (exact) mass is 1700 g/mol. The lowest BCUT2D eigenvalue weighted by Gasteiger charge is -2.10. The van der Waals surface area contributed by atoms with Crippen molar-refractivity contribution in [2.24, 2.45) is 0 Å². The number of rotatable bonds is 25. The van der Waals surface area contributed by atoms with Gasteiger partial charge in [-0.2, -0.15) is 0 Å². The van der Waals surface area contributed by atoms with E-state index in [1.807, 2.05) is 133 Å². The highest BCUT2D eigenvalue weighted by molar-refractivity contribution is 9.11. The van der Waals surface area contributed by atoms with Gasteiger partial charge < -0.3 is 21.3 Å². The van der Waals surface area contributed by atoms with Crippen molar-refractivity contribution in [1.29, 1.82) is 0 Å². The highest BCUT2D eigenvalue weighted by atomic mass is 79.9. The van der Waals surface area contributed by atoms with Crippen LogP contribution in [0, 0.1) is 5.82 Å². The molecule has 0 aliphatic rings. The van der Waals surface area contributed by atoms with Crippen LogP contribution in [0.3, 0.4) is 0 Å². The van der Waals surface area contributed by atoms with E-state index in [1.54, 1.807) is 121 Å². The number of nitrogens with zero attached hydrogens (tertiary/aromatic N) is 4. The van der Waals surface area contributed by atoms with E-state index in [0.717, 1.165) is 80.4 Å². The van der Waals surface area contributed by atoms with Gasteiger partial charge in [-0.05, 0) is 172 Å². The molecule has 12 nitrogen and oxygen atoms in total. The van der Waals surface area contributed by atoms with Crippen LogP contribution in [-0.2, 0) is 49.1 Å². The standard InChI is InChI=1S/C21H19BrN2OS.C20H15BrCl2N2OS.C20H16BrClN2OS.C20H17FN2OS/c22-18-9-4-8-17(14-18)15-26-21-19(10-5-12-24-21)20(25)23-13-11-16-6-2-1-3-7-16;21-15-4-1-3-14(9-15)12-27-20-16(5-2-8-24-20)19(26)25-11-13-6-7-17(22)18(23)10-13;21-16-7-3-5-14(11-16)13-26-20-17(8-4-10-23-20)19(25)24-12-15-6-1-2-9-18(15)22;21-17-9-7-15(8-10-17)14-25-19-6-2-1-5-18(19)20(24)23-13-16-4-3-11-22-12-16/h1-10,12,14H,11,13,15H2,(H,23,25);1-10H,11-12H2,(H,25,26);1-11H,12-13H2,(H,24,25);1-12H,13-14H2,(H,23,24). The predicted octanol–water partition coefficient (Wildman–Crippen LogP) is 21.6. The number of carbonyl (C=O) groups excluding carboxylic acids is 4. The zero-order valence-electron chi connectivity index (χ0n) is 55.5. The van der Waals surface area contributed by atoms with Gasteiger partial charge in [0.2, 0.25) is 0 Å². The minimum atomic E-state index is -0.246. The third kappa shape index (κ3) is 27.1. The van der Waals surface area contributed by atoms with Gasteiger partial charge in [-0.15, -0.1) is 47.0 Å². The predicted molar refractivity (Wildman–Crippen MR) is 434 cm³/mol. The van der Waals surface area contributed by atoms with Crippen LogP contribution < -0.4 is 21.3 Å². The topological polar surface area (TPSA) is 168 Å². The Labute approximate surface area is 662 Å². The molecule has 0 saturated heterocycles. The molecule has 0 atom stereocenters. The third-order valence-electron chi connectivity index (χ3n) is 14.8. The molecule has 0 spiro atoms. The fourth-order valence-electron chi connectivity index (χ4n) is 9.57. The van der Waals surface area contributed by atoms with Crippen LogP contribution in [0.5, 0.6) is 0 Å². The summed E-state index contributed by atoms with van der Waals surface area (Å²) in [7, 11) is 0. The Bertz CT molecular complexity index is 4800. The van der Waals surface area contributed by atoms with Gasteiger partial charge in [-0.3, -0.25) is 24.2 Å². The number of carbonyl (C=O) groups is 4. The molecule has 8 aromatic carbocycles. The highest BCUT2D eigenvalue weighted by Crippen LogP contribution is 2.31. The van der Waals surface area contributed by atoms with Crippen LogP contribution in [0.4, 0.5) is 4.39 Å². The maximum atomic E-state index is 13.0. The van der Waals surface area contributed by atoms with E-state index in [9.17, 15) is 23.6 Å². The van der Waals surface area contributed by atoms with Gasteiger partial charge in [0, 0.05) is 104 Å². The summed E-state index contributed by atoms with van der Waals surface area (Å²) in [5.74, 6) is 2.13. The second-order valence-corrected chi connectivity index (χ2v) is 30.4. The summed E-state index contributed by atoms with van der Waals surface area (Å²) in [6.45, 7) is 1.78. The second-order valence-electron chi connectivity index (χ2n) is 22.5. The molecule has 0 bridgehead atoms. The number of hydrogen-bond acceptors (Lipinski definition) is 12. The molecule has 12 rings (SSSR count). The Morgan fingerprint density at radius 1 is 0.356 bits per heavy atom. The van der Waals surface area contributed by atoms with E-state index in [-0.39, 0.29) is 29.4 Å². The summed E-state index contributed by atoms with van der Waals surface area (Å²) in [5, 5.41) is 15.5. The number of hydrogen-bond donors (Lipinski definition) is 4. The first kappa shape index (κ1) is 80.0. The first-order valence-corrected chi connectivity index (χ1v) is 39.7. The fourth-order valence-corrected chi connectivity index (χ4v) is 15.2. The zero-order chi connectivity index (χ0) is 73.3. The molecule has 0 aliphatic heterocycles. The van der Waals surface area contributed by atoms with Crippen LogP contribution in [0.1, 0.15) is 85.9 Å². The van der Waals surface area contributed by atoms with Gasteiger partial charge in [0.05, 0.1) is 32.3 Å². The van der Waals surface area contributed by atoms with E-state index < -0.39 is 0 Å². The van der Waals surface area contributed by atoms with Crippen LogP contribution in [0.2, 0.25) is 15.1 Å². The molecule has 528 valence electrons. The molecule has 0 radical (unpaired) electrons. The molecule has 0 fully saturated rings. The summed E-state index contributed by atoms with van der Waals surface area (Å²) in [6.07, 6.45) is 9.37. The molecule has 104 heavy (non-hydrogen) atoms. The van der Waals surface area contributed by atoms with Crippen LogP contribution >= 0.6 is 130 Å². The van der Waals surface area contributed by atoms with Gasteiger partial charge in [0.15, 0.2) is 0 Å². The largest absolute Gasteiger partial charge is 0.352 e. The Morgan fingerprint density at radius 2 is 0.788 bits per heavy atom. The lowest BCUT2D eigenvalue weighted by atomic mass is 10.1. The summed E-state index contributed by atoms with van der Waals surface area (Å²) < 4.78 is 16.1. The van der Waals surface area contributed by atoms with Crippen LogP contribution in [0.25, 0.3) is 0 Å². The van der Waals surface area contributed by atoms with E-state index in [1.165, 1.54) is 35.0 Å². The van der Waals surface area contributed by atoms with Gasteiger partial charge in [0.1, 0.15) is 20.9 Å². The molecular weight excluding hydrogens is 1640 g/mol. The molecule has 4 N–H and O–H groups in total. The van der Waals surface area contributed by atoms with Crippen molar-refractivity contribution >= 4 is 153 Å².